The minimum absolute atomic E-state index is 0.0450. The predicted molar refractivity (Wildman–Crippen MR) is 148 cm³/mol. The van der Waals surface area contributed by atoms with Crippen molar-refractivity contribution >= 4 is 29.1 Å². The molecule has 1 aliphatic heterocycles. The fraction of sp³-hybridized carbons (Fsp3) is 0.517. The van der Waals surface area contributed by atoms with Gasteiger partial charge in [0, 0.05) is 31.5 Å². The zero-order valence-electron chi connectivity index (χ0n) is 22.5. The third-order valence-corrected chi connectivity index (χ3v) is 6.58. The number of hydrogen-bond acceptors (Lipinski definition) is 5. The van der Waals surface area contributed by atoms with Crippen molar-refractivity contribution in [2.45, 2.75) is 65.3 Å². The Bertz CT molecular complexity index is 1020. The molecule has 202 valence electrons. The average Bonchev–Trinajstić information content (AvgIpc) is 2.87. The van der Waals surface area contributed by atoms with Gasteiger partial charge >= 0.3 is 12.0 Å². The van der Waals surface area contributed by atoms with Crippen molar-refractivity contribution in [2.24, 2.45) is 5.92 Å². The first-order valence-corrected chi connectivity index (χ1v) is 13.3. The summed E-state index contributed by atoms with van der Waals surface area (Å²) < 4.78 is 11.1. The van der Waals surface area contributed by atoms with Crippen molar-refractivity contribution in [3.05, 3.63) is 48.0 Å². The highest BCUT2D eigenvalue weighted by Crippen LogP contribution is 2.35. The first-order valence-electron chi connectivity index (χ1n) is 13.3. The second-order valence-electron chi connectivity index (χ2n) is 9.91. The topological polar surface area (TPSA) is 100 Å². The normalized spacial score (nSPS) is 14.7. The van der Waals surface area contributed by atoms with E-state index in [1.807, 2.05) is 44.2 Å². The summed E-state index contributed by atoms with van der Waals surface area (Å²) in [6.07, 6.45) is 2.58. The van der Waals surface area contributed by atoms with E-state index in [4.69, 9.17) is 9.47 Å². The van der Waals surface area contributed by atoms with Gasteiger partial charge in [0.1, 0.15) is 5.75 Å². The third-order valence-electron chi connectivity index (χ3n) is 6.58. The van der Waals surface area contributed by atoms with Crippen LogP contribution in [0.4, 0.5) is 21.9 Å². The molecule has 2 aromatic rings. The number of carboxylic acids is 1. The van der Waals surface area contributed by atoms with Gasteiger partial charge < -0.3 is 30.1 Å². The number of anilines is 3. The molecule has 0 aromatic heterocycles. The van der Waals surface area contributed by atoms with Crippen LogP contribution in [0.15, 0.2) is 42.5 Å². The van der Waals surface area contributed by atoms with Crippen LogP contribution in [-0.2, 0) is 9.53 Å². The van der Waals surface area contributed by atoms with E-state index in [0.29, 0.717) is 36.4 Å². The first-order chi connectivity index (χ1) is 17.8. The smallest absolute Gasteiger partial charge is 0.323 e. The highest BCUT2D eigenvalue weighted by atomic mass is 16.5. The lowest BCUT2D eigenvalue weighted by atomic mass is 9.92. The zero-order chi connectivity index (χ0) is 26.8. The summed E-state index contributed by atoms with van der Waals surface area (Å²) in [6, 6.07) is 13.2. The Hall–Kier alpha value is -3.26. The molecule has 1 unspecified atom stereocenters. The van der Waals surface area contributed by atoms with Crippen LogP contribution in [0.25, 0.3) is 0 Å². The number of amides is 2. The molecule has 0 radical (unpaired) electrons. The number of nitrogens with one attached hydrogen (secondary N) is 2. The van der Waals surface area contributed by atoms with Crippen molar-refractivity contribution in [3.8, 4) is 5.75 Å². The number of carbonyl (C=O) groups excluding carboxylic acids is 1. The number of nitrogens with zero attached hydrogens (tertiary/aromatic N) is 1. The maximum Gasteiger partial charge on any atom is 0.323 e. The van der Waals surface area contributed by atoms with Gasteiger partial charge in [0.25, 0.3) is 0 Å². The highest BCUT2D eigenvalue weighted by Gasteiger charge is 2.26. The van der Waals surface area contributed by atoms with E-state index < -0.39 is 5.97 Å². The fourth-order valence-corrected chi connectivity index (χ4v) is 4.79. The van der Waals surface area contributed by atoms with Crippen LogP contribution in [0, 0.1) is 5.92 Å². The van der Waals surface area contributed by atoms with Gasteiger partial charge in [-0.3, -0.25) is 4.79 Å². The lowest BCUT2D eigenvalue weighted by molar-refractivity contribution is -0.137. The van der Waals surface area contributed by atoms with Gasteiger partial charge in [-0.25, -0.2) is 4.79 Å². The summed E-state index contributed by atoms with van der Waals surface area (Å²) in [5.41, 5.74) is 3.18. The Kier molecular flexibility index (Phi) is 10.6. The Labute approximate surface area is 220 Å². The molecule has 0 saturated carbocycles. The summed E-state index contributed by atoms with van der Waals surface area (Å²) in [5.74, 6) is 0.196. The van der Waals surface area contributed by atoms with Gasteiger partial charge in [-0.2, -0.15) is 0 Å². The lowest BCUT2D eigenvalue weighted by Crippen LogP contribution is -2.42. The summed E-state index contributed by atoms with van der Waals surface area (Å²) >= 11 is 0. The summed E-state index contributed by atoms with van der Waals surface area (Å²) in [7, 11) is 0. The van der Waals surface area contributed by atoms with Gasteiger partial charge in [-0.05, 0) is 80.0 Å². The molecular formula is C29H41N3O5. The molecule has 1 atom stereocenters. The maximum absolute atomic E-state index is 13.1. The molecule has 0 aliphatic carbocycles. The summed E-state index contributed by atoms with van der Waals surface area (Å²) in [4.78, 5) is 27.0. The summed E-state index contributed by atoms with van der Waals surface area (Å²) in [6.45, 7) is 11.1. The largest absolute Gasteiger partial charge is 0.494 e. The molecule has 8 heteroatoms. The van der Waals surface area contributed by atoms with Crippen LogP contribution >= 0.6 is 0 Å². The maximum atomic E-state index is 13.1. The standard InChI is InChI=1S/C29H41N3O5/c1-5-21(18-28(33)34)22-7-12-27(32(19-20(3)4)24-13-15-36-16-14-24)26(17-22)31-29(35)30-23-8-10-25(11-9-23)37-6-2/h7-12,17,20-21,24H,5-6,13-16,18-19H2,1-4H3,(H,33,34)(H2,30,31,35). The fourth-order valence-electron chi connectivity index (χ4n) is 4.79. The van der Waals surface area contributed by atoms with Gasteiger partial charge in [-0.15, -0.1) is 0 Å². The molecule has 0 spiro atoms. The van der Waals surface area contributed by atoms with Crippen LogP contribution in [0.3, 0.4) is 0 Å². The second-order valence-corrected chi connectivity index (χ2v) is 9.91. The number of carboxylic acid groups (broad SMARTS) is 1. The predicted octanol–water partition coefficient (Wildman–Crippen LogP) is 6.34. The molecule has 1 fully saturated rings. The van der Waals surface area contributed by atoms with E-state index in [0.717, 1.165) is 49.6 Å². The highest BCUT2D eigenvalue weighted by molar-refractivity contribution is 6.02. The Balaban J connectivity index is 1.92. The molecular weight excluding hydrogens is 470 g/mol. The van der Waals surface area contributed by atoms with Crippen LogP contribution in [0.5, 0.6) is 5.75 Å². The van der Waals surface area contributed by atoms with Crippen molar-refractivity contribution in [3.63, 3.8) is 0 Å². The minimum Gasteiger partial charge on any atom is -0.494 e. The first kappa shape index (κ1) is 28.3. The molecule has 3 N–H and O–H groups in total. The van der Waals surface area contributed by atoms with Crippen LogP contribution in [0.1, 0.15) is 64.9 Å². The molecule has 2 amide bonds. The lowest BCUT2D eigenvalue weighted by Gasteiger charge is -2.38. The zero-order valence-corrected chi connectivity index (χ0v) is 22.5. The third kappa shape index (κ3) is 8.39. The minimum atomic E-state index is -0.831. The van der Waals surface area contributed by atoms with Gasteiger partial charge in [0.15, 0.2) is 0 Å². The summed E-state index contributed by atoms with van der Waals surface area (Å²) in [5, 5.41) is 15.4. The van der Waals surface area contributed by atoms with Crippen LogP contribution < -0.4 is 20.3 Å². The molecule has 1 saturated heterocycles. The SMILES string of the molecule is CCOc1ccc(NC(=O)Nc2cc(C(CC)CC(=O)O)ccc2N(CC(C)C)C2CCOCC2)cc1. The van der Waals surface area contributed by atoms with Crippen LogP contribution in [0.2, 0.25) is 0 Å². The van der Waals surface area contributed by atoms with E-state index in [-0.39, 0.29) is 18.4 Å². The Morgan fingerprint density at radius 3 is 2.38 bits per heavy atom. The van der Waals surface area contributed by atoms with E-state index in [9.17, 15) is 14.7 Å². The number of ether oxygens (including phenoxy) is 2. The van der Waals surface area contributed by atoms with Crippen molar-refractivity contribution < 1.29 is 24.2 Å². The van der Waals surface area contributed by atoms with Gasteiger partial charge in [0.2, 0.25) is 0 Å². The number of rotatable bonds is 12. The van der Waals surface area contributed by atoms with Gasteiger partial charge in [-0.1, -0.05) is 26.8 Å². The molecule has 1 heterocycles. The monoisotopic (exact) mass is 511 g/mol. The van der Waals surface area contributed by atoms with E-state index in [2.05, 4.69) is 29.4 Å². The Morgan fingerprint density at radius 2 is 1.78 bits per heavy atom. The average molecular weight is 512 g/mol. The molecule has 8 nitrogen and oxygen atoms in total. The molecule has 2 aromatic carbocycles. The van der Waals surface area contributed by atoms with Crippen molar-refractivity contribution in [1.29, 1.82) is 0 Å². The van der Waals surface area contributed by atoms with E-state index in [1.165, 1.54) is 0 Å². The molecule has 0 bridgehead atoms. The number of carbonyl (C=O) groups is 2. The van der Waals surface area contributed by atoms with Gasteiger partial charge in [0.05, 0.1) is 24.4 Å². The molecule has 1 aliphatic rings. The molecule has 3 rings (SSSR count). The van der Waals surface area contributed by atoms with Crippen molar-refractivity contribution in [2.75, 3.05) is 41.9 Å². The second kappa shape index (κ2) is 13.9. The Morgan fingerprint density at radius 1 is 1.08 bits per heavy atom. The number of urea groups is 1. The number of hydrogen-bond donors (Lipinski definition) is 3. The molecule has 37 heavy (non-hydrogen) atoms. The van der Waals surface area contributed by atoms with E-state index >= 15 is 0 Å². The quantitative estimate of drug-likeness (QED) is 0.307. The van der Waals surface area contributed by atoms with Crippen molar-refractivity contribution in [1.82, 2.24) is 0 Å². The van der Waals surface area contributed by atoms with Crippen LogP contribution in [-0.4, -0.2) is 49.5 Å². The number of aliphatic carboxylic acids is 1. The number of benzene rings is 2. The van der Waals surface area contributed by atoms with E-state index in [1.54, 1.807) is 12.1 Å².